The predicted octanol–water partition coefficient (Wildman–Crippen LogP) is 3.86. The Bertz CT molecular complexity index is 368. The molecule has 0 radical (unpaired) electrons. The van der Waals surface area contributed by atoms with Gasteiger partial charge < -0.3 is 14.8 Å². The first-order valence-electron chi connectivity index (χ1n) is 7.69. The summed E-state index contributed by atoms with van der Waals surface area (Å²) in [6, 6.07) is 8.62. The number of rotatable bonds is 11. The van der Waals surface area contributed by atoms with Gasteiger partial charge in [-0.2, -0.15) is 0 Å². The number of hydrogen-bond donors (Lipinski definition) is 1. The van der Waals surface area contributed by atoms with Gasteiger partial charge in [0.1, 0.15) is 0 Å². The number of benzene rings is 1. The molecule has 4 heteroatoms. The summed E-state index contributed by atoms with van der Waals surface area (Å²) < 4.78 is 10.7. The SMILES string of the molecule is COCCCOCCC(CNC(C)C)c1ccc(Cl)cc1. The van der Waals surface area contributed by atoms with Crippen LogP contribution in [0.2, 0.25) is 5.02 Å². The molecule has 0 aliphatic rings. The molecule has 0 heterocycles. The van der Waals surface area contributed by atoms with Crippen molar-refractivity contribution >= 4 is 11.6 Å². The van der Waals surface area contributed by atoms with Crippen LogP contribution in [0.1, 0.15) is 38.2 Å². The maximum absolute atomic E-state index is 5.97. The van der Waals surface area contributed by atoms with E-state index >= 15 is 0 Å². The van der Waals surface area contributed by atoms with Crippen molar-refractivity contribution in [3.8, 4) is 0 Å². The van der Waals surface area contributed by atoms with E-state index < -0.39 is 0 Å². The Hall–Kier alpha value is -0.610. The molecule has 3 nitrogen and oxygen atoms in total. The lowest BCUT2D eigenvalue weighted by molar-refractivity contribution is 0.0979. The highest BCUT2D eigenvalue weighted by Gasteiger charge is 2.12. The third kappa shape index (κ3) is 8.42. The predicted molar refractivity (Wildman–Crippen MR) is 89.3 cm³/mol. The Labute approximate surface area is 134 Å². The van der Waals surface area contributed by atoms with Gasteiger partial charge in [-0.15, -0.1) is 0 Å². The van der Waals surface area contributed by atoms with E-state index in [0.717, 1.165) is 44.2 Å². The van der Waals surface area contributed by atoms with Gasteiger partial charge in [-0.25, -0.2) is 0 Å². The van der Waals surface area contributed by atoms with Crippen LogP contribution in [0.25, 0.3) is 0 Å². The summed E-state index contributed by atoms with van der Waals surface area (Å²) in [5, 5.41) is 4.29. The first kappa shape index (κ1) is 18.4. The van der Waals surface area contributed by atoms with E-state index in [2.05, 4.69) is 31.3 Å². The van der Waals surface area contributed by atoms with Crippen molar-refractivity contribution in [2.24, 2.45) is 0 Å². The van der Waals surface area contributed by atoms with Crippen molar-refractivity contribution in [2.45, 2.75) is 38.6 Å². The highest BCUT2D eigenvalue weighted by molar-refractivity contribution is 6.30. The summed E-state index contributed by atoms with van der Waals surface area (Å²) in [4.78, 5) is 0. The summed E-state index contributed by atoms with van der Waals surface area (Å²) in [6.07, 6.45) is 1.96. The van der Waals surface area contributed by atoms with Gasteiger partial charge in [0, 0.05) is 44.5 Å². The first-order valence-corrected chi connectivity index (χ1v) is 8.06. The van der Waals surface area contributed by atoms with Crippen LogP contribution in [-0.4, -0.2) is 39.5 Å². The largest absolute Gasteiger partial charge is 0.385 e. The topological polar surface area (TPSA) is 30.5 Å². The van der Waals surface area contributed by atoms with Gasteiger partial charge in [0.2, 0.25) is 0 Å². The molecule has 0 amide bonds. The third-order valence-electron chi connectivity index (χ3n) is 3.36. The van der Waals surface area contributed by atoms with E-state index in [1.807, 2.05) is 12.1 Å². The molecular weight excluding hydrogens is 286 g/mol. The monoisotopic (exact) mass is 313 g/mol. The quantitative estimate of drug-likeness (QED) is 0.629. The van der Waals surface area contributed by atoms with Crippen LogP contribution in [0.5, 0.6) is 0 Å². The third-order valence-corrected chi connectivity index (χ3v) is 3.61. The Morgan fingerprint density at radius 3 is 2.43 bits per heavy atom. The molecule has 1 rings (SSSR count). The Morgan fingerprint density at radius 1 is 1.10 bits per heavy atom. The molecule has 120 valence electrons. The minimum atomic E-state index is 0.451. The van der Waals surface area contributed by atoms with E-state index in [-0.39, 0.29) is 0 Å². The zero-order chi connectivity index (χ0) is 15.5. The molecule has 1 aromatic rings. The van der Waals surface area contributed by atoms with Gasteiger partial charge in [0.05, 0.1) is 0 Å². The van der Waals surface area contributed by atoms with Crippen molar-refractivity contribution in [1.82, 2.24) is 5.32 Å². The van der Waals surface area contributed by atoms with E-state index in [0.29, 0.717) is 12.0 Å². The molecule has 0 saturated carbocycles. The van der Waals surface area contributed by atoms with Gasteiger partial charge in [0.15, 0.2) is 0 Å². The van der Waals surface area contributed by atoms with Crippen LogP contribution in [0.15, 0.2) is 24.3 Å². The second-order valence-corrected chi connectivity index (χ2v) is 6.00. The van der Waals surface area contributed by atoms with Crippen molar-refractivity contribution in [3.05, 3.63) is 34.9 Å². The molecule has 1 unspecified atom stereocenters. The average molecular weight is 314 g/mol. The molecule has 0 aliphatic heterocycles. The van der Waals surface area contributed by atoms with Gasteiger partial charge in [0.25, 0.3) is 0 Å². The number of halogens is 1. The maximum atomic E-state index is 5.97. The van der Waals surface area contributed by atoms with Crippen molar-refractivity contribution < 1.29 is 9.47 Å². The van der Waals surface area contributed by atoms with Gasteiger partial charge >= 0.3 is 0 Å². The lowest BCUT2D eigenvalue weighted by Crippen LogP contribution is -2.28. The molecule has 1 atom stereocenters. The fraction of sp³-hybridized carbons (Fsp3) is 0.647. The zero-order valence-corrected chi connectivity index (χ0v) is 14.2. The van der Waals surface area contributed by atoms with Crippen LogP contribution in [0.4, 0.5) is 0 Å². The van der Waals surface area contributed by atoms with Crippen LogP contribution >= 0.6 is 11.6 Å². The second-order valence-electron chi connectivity index (χ2n) is 5.56. The van der Waals surface area contributed by atoms with E-state index in [4.69, 9.17) is 21.1 Å². The van der Waals surface area contributed by atoms with Crippen molar-refractivity contribution in [3.63, 3.8) is 0 Å². The van der Waals surface area contributed by atoms with Gasteiger partial charge in [-0.05, 0) is 36.5 Å². The fourth-order valence-electron chi connectivity index (χ4n) is 2.13. The molecular formula is C17H28ClNO2. The normalized spacial score (nSPS) is 12.8. The zero-order valence-electron chi connectivity index (χ0n) is 13.4. The number of methoxy groups -OCH3 is 1. The molecule has 1 aromatic carbocycles. The van der Waals surface area contributed by atoms with Crippen molar-refractivity contribution in [2.75, 3.05) is 33.5 Å². The first-order chi connectivity index (χ1) is 10.1. The Kier molecular flexibility index (Phi) is 9.68. The van der Waals surface area contributed by atoms with E-state index in [1.54, 1.807) is 7.11 Å². The summed E-state index contributed by atoms with van der Waals surface area (Å²) >= 11 is 5.97. The highest BCUT2D eigenvalue weighted by atomic mass is 35.5. The van der Waals surface area contributed by atoms with E-state index in [1.165, 1.54) is 5.56 Å². The van der Waals surface area contributed by atoms with Crippen LogP contribution in [0.3, 0.4) is 0 Å². The molecule has 0 aliphatic carbocycles. The molecule has 0 bridgehead atoms. The Morgan fingerprint density at radius 2 is 1.81 bits per heavy atom. The minimum Gasteiger partial charge on any atom is -0.385 e. The Balaban J connectivity index is 2.42. The molecule has 21 heavy (non-hydrogen) atoms. The smallest absolute Gasteiger partial charge is 0.0487 e. The molecule has 0 aromatic heterocycles. The molecule has 0 fully saturated rings. The molecule has 0 spiro atoms. The van der Waals surface area contributed by atoms with Gasteiger partial charge in [-0.1, -0.05) is 37.6 Å². The van der Waals surface area contributed by atoms with Crippen LogP contribution in [-0.2, 0) is 9.47 Å². The summed E-state index contributed by atoms with van der Waals surface area (Å²) in [6.45, 7) is 7.59. The molecule has 0 saturated heterocycles. The summed E-state index contributed by atoms with van der Waals surface area (Å²) in [7, 11) is 1.72. The molecule has 1 N–H and O–H groups in total. The van der Waals surface area contributed by atoms with Crippen LogP contribution in [0, 0.1) is 0 Å². The number of nitrogens with one attached hydrogen (secondary N) is 1. The number of ether oxygens (including phenoxy) is 2. The fourth-order valence-corrected chi connectivity index (χ4v) is 2.26. The van der Waals surface area contributed by atoms with Gasteiger partial charge in [-0.3, -0.25) is 0 Å². The average Bonchev–Trinajstić information content (AvgIpc) is 2.46. The lowest BCUT2D eigenvalue weighted by Gasteiger charge is -2.20. The van der Waals surface area contributed by atoms with Crippen LogP contribution < -0.4 is 5.32 Å². The lowest BCUT2D eigenvalue weighted by atomic mass is 9.96. The standard InChI is InChI=1S/C17H28ClNO2/c1-14(2)19-13-16(9-12-21-11-4-10-20-3)15-5-7-17(18)8-6-15/h5-8,14,16,19H,4,9-13H2,1-3H3. The number of hydrogen-bond acceptors (Lipinski definition) is 3. The van der Waals surface area contributed by atoms with E-state index in [9.17, 15) is 0 Å². The maximum Gasteiger partial charge on any atom is 0.0487 e. The highest BCUT2D eigenvalue weighted by Crippen LogP contribution is 2.21. The van der Waals surface area contributed by atoms with Crippen molar-refractivity contribution in [1.29, 1.82) is 0 Å². The second kappa shape index (κ2) is 11.0. The minimum absolute atomic E-state index is 0.451. The summed E-state index contributed by atoms with van der Waals surface area (Å²) in [5.74, 6) is 0.451. The summed E-state index contributed by atoms with van der Waals surface area (Å²) in [5.41, 5.74) is 1.31.